The SMILES string of the molecule is COc1ccc(C(=O)NCC2CCCNC2)c2ccccc12. The van der Waals surface area contributed by atoms with Crippen LogP contribution in [0.2, 0.25) is 0 Å². The lowest BCUT2D eigenvalue weighted by atomic mass is 9.99. The minimum Gasteiger partial charge on any atom is -0.496 e. The van der Waals surface area contributed by atoms with Crippen molar-refractivity contribution < 1.29 is 9.53 Å². The molecule has 1 atom stereocenters. The molecule has 3 rings (SSSR count). The monoisotopic (exact) mass is 298 g/mol. The average molecular weight is 298 g/mol. The number of piperidine rings is 1. The molecule has 2 aromatic rings. The lowest BCUT2D eigenvalue weighted by Gasteiger charge is -2.23. The van der Waals surface area contributed by atoms with Crippen molar-refractivity contribution in [1.82, 2.24) is 10.6 Å². The standard InChI is InChI=1S/C18H22N2O2/c1-22-17-9-8-16(14-6-2-3-7-15(14)17)18(21)20-12-13-5-4-10-19-11-13/h2-3,6-9,13,19H,4-5,10-12H2,1H3,(H,20,21). The van der Waals surface area contributed by atoms with Gasteiger partial charge in [-0.3, -0.25) is 4.79 Å². The van der Waals surface area contributed by atoms with Crippen LogP contribution in [0, 0.1) is 5.92 Å². The molecule has 0 saturated carbocycles. The highest BCUT2D eigenvalue weighted by Gasteiger charge is 2.16. The van der Waals surface area contributed by atoms with Gasteiger partial charge in [-0.1, -0.05) is 24.3 Å². The molecule has 2 N–H and O–H groups in total. The maximum atomic E-state index is 12.5. The number of hydrogen-bond acceptors (Lipinski definition) is 3. The number of methoxy groups -OCH3 is 1. The van der Waals surface area contributed by atoms with E-state index in [1.54, 1.807) is 7.11 Å². The van der Waals surface area contributed by atoms with E-state index >= 15 is 0 Å². The first-order chi connectivity index (χ1) is 10.8. The Morgan fingerprint density at radius 3 is 2.82 bits per heavy atom. The lowest BCUT2D eigenvalue weighted by molar-refractivity contribution is 0.0946. The highest BCUT2D eigenvalue weighted by atomic mass is 16.5. The number of amides is 1. The maximum Gasteiger partial charge on any atom is 0.251 e. The van der Waals surface area contributed by atoms with Crippen LogP contribution in [0.25, 0.3) is 10.8 Å². The molecule has 0 aliphatic carbocycles. The first kappa shape index (κ1) is 14.9. The van der Waals surface area contributed by atoms with Gasteiger partial charge >= 0.3 is 0 Å². The summed E-state index contributed by atoms with van der Waals surface area (Å²) in [5.41, 5.74) is 0.708. The predicted octanol–water partition coefficient (Wildman–Crippen LogP) is 2.58. The summed E-state index contributed by atoms with van der Waals surface area (Å²) in [5.74, 6) is 1.32. The van der Waals surface area contributed by atoms with E-state index in [9.17, 15) is 4.79 Å². The van der Waals surface area contributed by atoms with Crippen molar-refractivity contribution in [3.8, 4) is 5.75 Å². The number of carbonyl (C=O) groups excluding carboxylic acids is 1. The second kappa shape index (κ2) is 6.79. The van der Waals surface area contributed by atoms with E-state index in [1.807, 2.05) is 36.4 Å². The van der Waals surface area contributed by atoms with Crippen molar-refractivity contribution in [1.29, 1.82) is 0 Å². The summed E-state index contributed by atoms with van der Waals surface area (Å²) in [4.78, 5) is 12.5. The maximum absolute atomic E-state index is 12.5. The summed E-state index contributed by atoms with van der Waals surface area (Å²) >= 11 is 0. The largest absolute Gasteiger partial charge is 0.496 e. The normalized spacial score (nSPS) is 18.1. The Morgan fingerprint density at radius 2 is 2.09 bits per heavy atom. The molecule has 1 aliphatic rings. The van der Waals surface area contributed by atoms with Gasteiger partial charge in [0.25, 0.3) is 5.91 Å². The summed E-state index contributed by atoms with van der Waals surface area (Å²) in [6.07, 6.45) is 2.36. The number of carbonyl (C=O) groups is 1. The summed E-state index contributed by atoms with van der Waals surface area (Å²) in [6.45, 7) is 2.81. The fraction of sp³-hybridized carbons (Fsp3) is 0.389. The summed E-state index contributed by atoms with van der Waals surface area (Å²) in [5, 5.41) is 8.35. The van der Waals surface area contributed by atoms with Crippen molar-refractivity contribution in [3.63, 3.8) is 0 Å². The molecule has 4 nitrogen and oxygen atoms in total. The Kier molecular flexibility index (Phi) is 4.59. The van der Waals surface area contributed by atoms with Gasteiger partial charge in [0.1, 0.15) is 5.75 Å². The van der Waals surface area contributed by atoms with E-state index < -0.39 is 0 Å². The minimum absolute atomic E-state index is 0.00979. The lowest BCUT2D eigenvalue weighted by Crippen LogP contribution is -2.38. The highest BCUT2D eigenvalue weighted by Crippen LogP contribution is 2.28. The number of rotatable bonds is 4. The van der Waals surface area contributed by atoms with Gasteiger partial charge in [-0.2, -0.15) is 0 Å². The Hall–Kier alpha value is -2.07. The zero-order valence-electron chi connectivity index (χ0n) is 12.9. The molecule has 1 aliphatic heterocycles. The second-order valence-electron chi connectivity index (χ2n) is 5.78. The van der Waals surface area contributed by atoms with Crippen LogP contribution in [0.4, 0.5) is 0 Å². The molecule has 22 heavy (non-hydrogen) atoms. The van der Waals surface area contributed by atoms with E-state index in [-0.39, 0.29) is 5.91 Å². The molecule has 1 fully saturated rings. The first-order valence-electron chi connectivity index (χ1n) is 7.84. The molecule has 0 radical (unpaired) electrons. The van der Waals surface area contributed by atoms with E-state index in [4.69, 9.17) is 4.74 Å². The zero-order valence-corrected chi connectivity index (χ0v) is 12.9. The van der Waals surface area contributed by atoms with Gasteiger partial charge in [0.05, 0.1) is 7.11 Å². The van der Waals surface area contributed by atoms with Crippen LogP contribution < -0.4 is 15.4 Å². The molecule has 0 spiro atoms. The van der Waals surface area contributed by atoms with Gasteiger partial charge in [0.15, 0.2) is 0 Å². The highest BCUT2D eigenvalue weighted by molar-refractivity contribution is 6.08. The van der Waals surface area contributed by atoms with Crippen LogP contribution in [-0.4, -0.2) is 32.7 Å². The minimum atomic E-state index is -0.00979. The number of fused-ring (bicyclic) bond motifs is 1. The molecular weight excluding hydrogens is 276 g/mol. The molecule has 4 heteroatoms. The zero-order chi connectivity index (χ0) is 15.4. The topological polar surface area (TPSA) is 50.4 Å². The van der Waals surface area contributed by atoms with Crippen LogP contribution in [0.3, 0.4) is 0 Å². The fourth-order valence-corrected chi connectivity index (χ4v) is 3.08. The van der Waals surface area contributed by atoms with Gasteiger partial charge in [-0.15, -0.1) is 0 Å². The van der Waals surface area contributed by atoms with Crippen molar-refractivity contribution in [2.45, 2.75) is 12.8 Å². The van der Waals surface area contributed by atoms with Gasteiger partial charge < -0.3 is 15.4 Å². The Morgan fingerprint density at radius 1 is 1.27 bits per heavy atom. The third kappa shape index (κ3) is 3.07. The molecular formula is C18H22N2O2. The fourth-order valence-electron chi connectivity index (χ4n) is 3.08. The van der Waals surface area contributed by atoms with E-state index in [2.05, 4.69) is 10.6 Å². The van der Waals surface area contributed by atoms with Crippen LogP contribution in [0.15, 0.2) is 36.4 Å². The van der Waals surface area contributed by atoms with Crippen LogP contribution in [0.5, 0.6) is 5.75 Å². The molecule has 2 aromatic carbocycles. The quantitative estimate of drug-likeness (QED) is 0.912. The van der Waals surface area contributed by atoms with Crippen LogP contribution >= 0.6 is 0 Å². The Labute approximate surface area is 130 Å². The van der Waals surface area contributed by atoms with Gasteiger partial charge in [-0.25, -0.2) is 0 Å². The Bertz CT molecular complexity index is 663. The van der Waals surface area contributed by atoms with Crippen molar-refractivity contribution >= 4 is 16.7 Å². The van der Waals surface area contributed by atoms with E-state index in [0.29, 0.717) is 11.5 Å². The van der Waals surface area contributed by atoms with Crippen molar-refractivity contribution in [3.05, 3.63) is 42.0 Å². The van der Waals surface area contributed by atoms with E-state index in [0.717, 1.165) is 36.2 Å². The predicted molar refractivity (Wildman–Crippen MR) is 88.4 cm³/mol. The van der Waals surface area contributed by atoms with Crippen LogP contribution in [0.1, 0.15) is 23.2 Å². The number of ether oxygens (including phenoxy) is 1. The Balaban J connectivity index is 1.79. The molecule has 116 valence electrons. The van der Waals surface area contributed by atoms with Gasteiger partial charge in [0, 0.05) is 17.5 Å². The average Bonchev–Trinajstić information content (AvgIpc) is 2.59. The molecule has 1 unspecified atom stereocenters. The van der Waals surface area contributed by atoms with Gasteiger partial charge in [-0.05, 0) is 49.4 Å². The number of hydrogen-bond donors (Lipinski definition) is 2. The third-order valence-electron chi connectivity index (χ3n) is 4.30. The summed E-state index contributed by atoms with van der Waals surface area (Å²) in [6, 6.07) is 11.6. The van der Waals surface area contributed by atoms with E-state index in [1.165, 1.54) is 12.8 Å². The van der Waals surface area contributed by atoms with Crippen LogP contribution in [-0.2, 0) is 0 Å². The summed E-state index contributed by atoms with van der Waals surface area (Å²) in [7, 11) is 1.65. The molecule has 0 aromatic heterocycles. The molecule has 1 heterocycles. The third-order valence-corrected chi connectivity index (χ3v) is 4.30. The number of benzene rings is 2. The van der Waals surface area contributed by atoms with Crippen molar-refractivity contribution in [2.75, 3.05) is 26.7 Å². The van der Waals surface area contributed by atoms with Gasteiger partial charge in [0.2, 0.25) is 0 Å². The van der Waals surface area contributed by atoms with Crippen molar-refractivity contribution in [2.24, 2.45) is 5.92 Å². The molecule has 1 saturated heterocycles. The number of nitrogens with one attached hydrogen (secondary N) is 2. The summed E-state index contributed by atoms with van der Waals surface area (Å²) < 4.78 is 5.38. The molecule has 0 bridgehead atoms. The smallest absolute Gasteiger partial charge is 0.251 e. The first-order valence-corrected chi connectivity index (χ1v) is 7.84. The molecule has 1 amide bonds. The second-order valence-corrected chi connectivity index (χ2v) is 5.78.